The second-order valence-corrected chi connectivity index (χ2v) is 4.75. The van der Waals surface area contributed by atoms with Crippen molar-refractivity contribution in [3.63, 3.8) is 0 Å². The molecule has 0 spiro atoms. The largest absolute Gasteiger partial charge is 0.371 e. The highest BCUT2D eigenvalue weighted by Gasteiger charge is 2.15. The molecule has 0 unspecified atom stereocenters. The number of thiol groups is 1. The topological polar surface area (TPSA) is 3.24 Å². The van der Waals surface area contributed by atoms with Crippen LogP contribution in [-0.4, -0.2) is 18.8 Å². The third-order valence-corrected chi connectivity index (χ3v) is 3.35. The van der Waals surface area contributed by atoms with Crippen molar-refractivity contribution in [1.29, 1.82) is 0 Å². The average Bonchev–Trinajstić information content (AvgIpc) is 2.25. The Morgan fingerprint density at radius 1 is 1.40 bits per heavy atom. The number of aryl methyl sites for hydroxylation is 2. The molecule has 0 amide bonds. The van der Waals surface area contributed by atoms with E-state index >= 15 is 0 Å². The number of hydrogen-bond donors (Lipinski definition) is 1. The Morgan fingerprint density at radius 2 is 2.27 bits per heavy atom. The summed E-state index contributed by atoms with van der Waals surface area (Å²) in [7, 11) is 0. The summed E-state index contributed by atoms with van der Waals surface area (Å²) in [6, 6.07) is 6.84. The standard InChI is InChI=1S/C13H19NS/c1-11-5-6-13-12(10-11)4-2-7-14(13)8-3-9-15/h5-6,10,15H,2-4,7-9H2,1H3. The molecule has 2 heteroatoms. The van der Waals surface area contributed by atoms with E-state index in [0.717, 1.165) is 12.3 Å². The fourth-order valence-electron chi connectivity index (χ4n) is 2.30. The van der Waals surface area contributed by atoms with Crippen LogP contribution >= 0.6 is 12.6 Å². The van der Waals surface area contributed by atoms with Gasteiger partial charge in [0, 0.05) is 18.8 Å². The van der Waals surface area contributed by atoms with E-state index in [1.165, 1.54) is 42.6 Å². The van der Waals surface area contributed by atoms with Crippen LogP contribution in [0.25, 0.3) is 0 Å². The Morgan fingerprint density at radius 3 is 3.07 bits per heavy atom. The van der Waals surface area contributed by atoms with E-state index < -0.39 is 0 Å². The van der Waals surface area contributed by atoms with E-state index in [4.69, 9.17) is 0 Å². The number of fused-ring (bicyclic) bond motifs is 1. The maximum atomic E-state index is 4.28. The number of nitrogens with zero attached hydrogens (tertiary/aromatic N) is 1. The molecule has 82 valence electrons. The van der Waals surface area contributed by atoms with Gasteiger partial charge < -0.3 is 4.90 Å². The quantitative estimate of drug-likeness (QED) is 0.768. The third kappa shape index (κ3) is 2.49. The molecule has 1 aromatic carbocycles. The molecule has 0 bridgehead atoms. The predicted molar refractivity (Wildman–Crippen MR) is 70.2 cm³/mol. The molecule has 1 nitrogen and oxygen atoms in total. The van der Waals surface area contributed by atoms with Gasteiger partial charge in [0.25, 0.3) is 0 Å². The predicted octanol–water partition coefficient (Wildman–Crippen LogP) is 3.07. The van der Waals surface area contributed by atoms with Crippen LogP contribution in [-0.2, 0) is 6.42 Å². The lowest BCUT2D eigenvalue weighted by atomic mass is 9.99. The van der Waals surface area contributed by atoms with Gasteiger partial charge in [0.1, 0.15) is 0 Å². The SMILES string of the molecule is Cc1ccc2c(c1)CCCN2CCCS. The molecule has 15 heavy (non-hydrogen) atoms. The molecule has 1 heterocycles. The van der Waals surface area contributed by atoms with Crippen molar-refractivity contribution in [2.24, 2.45) is 0 Å². The van der Waals surface area contributed by atoms with Crippen molar-refractivity contribution in [2.45, 2.75) is 26.2 Å². The summed E-state index contributed by atoms with van der Waals surface area (Å²) in [5, 5.41) is 0. The van der Waals surface area contributed by atoms with Gasteiger partial charge in [0.05, 0.1) is 0 Å². The van der Waals surface area contributed by atoms with Crippen molar-refractivity contribution in [1.82, 2.24) is 0 Å². The summed E-state index contributed by atoms with van der Waals surface area (Å²) in [6.45, 7) is 4.54. The highest BCUT2D eigenvalue weighted by atomic mass is 32.1. The van der Waals surface area contributed by atoms with Gasteiger partial charge >= 0.3 is 0 Å². The first-order chi connectivity index (χ1) is 7.31. The molecule has 0 aliphatic carbocycles. The molecule has 0 fully saturated rings. The maximum Gasteiger partial charge on any atom is 0.0398 e. The fraction of sp³-hybridized carbons (Fsp3) is 0.538. The number of anilines is 1. The second kappa shape index (κ2) is 4.93. The lowest BCUT2D eigenvalue weighted by molar-refractivity contribution is 0.683. The van der Waals surface area contributed by atoms with Crippen LogP contribution in [0.4, 0.5) is 5.69 Å². The third-order valence-electron chi connectivity index (χ3n) is 3.04. The number of hydrogen-bond acceptors (Lipinski definition) is 2. The monoisotopic (exact) mass is 221 g/mol. The molecule has 0 N–H and O–H groups in total. The van der Waals surface area contributed by atoms with Gasteiger partial charge in [-0.25, -0.2) is 0 Å². The summed E-state index contributed by atoms with van der Waals surface area (Å²) in [5.41, 5.74) is 4.36. The van der Waals surface area contributed by atoms with Crippen molar-refractivity contribution < 1.29 is 0 Å². The summed E-state index contributed by atoms with van der Waals surface area (Å²) >= 11 is 4.28. The first kappa shape index (κ1) is 10.9. The van der Waals surface area contributed by atoms with Crippen LogP contribution in [0.1, 0.15) is 24.0 Å². The smallest absolute Gasteiger partial charge is 0.0398 e. The van der Waals surface area contributed by atoms with Crippen LogP contribution in [0.15, 0.2) is 18.2 Å². The van der Waals surface area contributed by atoms with E-state index in [9.17, 15) is 0 Å². The van der Waals surface area contributed by atoms with Gasteiger partial charge in [-0.3, -0.25) is 0 Å². The fourth-order valence-corrected chi connectivity index (χ4v) is 2.44. The summed E-state index contributed by atoms with van der Waals surface area (Å²) in [5.74, 6) is 0.984. The molecule has 0 aromatic heterocycles. The van der Waals surface area contributed by atoms with Gasteiger partial charge in [-0.15, -0.1) is 0 Å². The van der Waals surface area contributed by atoms with E-state index in [0.29, 0.717) is 0 Å². The Labute approximate surface area is 97.9 Å². The normalized spacial score (nSPS) is 15.2. The minimum absolute atomic E-state index is 0.984. The Balaban J connectivity index is 2.18. The minimum Gasteiger partial charge on any atom is -0.371 e. The lowest BCUT2D eigenvalue weighted by Gasteiger charge is -2.31. The second-order valence-electron chi connectivity index (χ2n) is 4.30. The molecule has 2 rings (SSSR count). The molecule has 0 atom stereocenters. The van der Waals surface area contributed by atoms with E-state index in [1.54, 1.807) is 0 Å². The van der Waals surface area contributed by atoms with Gasteiger partial charge in [0.15, 0.2) is 0 Å². The first-order valence-corrected chi connectivity index (χ1v) is 6.40. The van der Waals surface area contributed by atoms with Crippen LogP contribution < -0.4 is 4.90 Å². The van der Waals surface area contributed by atoms with E-state index in [-0.39, 0.29) is 0 Å². The first-order valence-electron chi connectivity index (χ1n) is 5.76. The maximum absolute atomic E-state index is 4.28. The van der Waals surface area contributed by atoms with Gasteiger partial charge in [-0.1, -0.05) is 17.7 Å². The Kier molecular flexibility index (Phi) is 3.57. The van der Waals surface area contributed by atoms with Gasteiger partial charge in [-0.05, 0) is 43.6 Å². The van der Waals surface area contributed by atoms with Crippen molar-refractivity contribution in [3.8, 4) is 0 Å². The molecule has 1 aromatic rings. The number of rotatable bonds is 3. The zero-order valence-electron chi connectivity index (χ0n) is 9.37. The average molecular weight is 221 g/mol. The van der Waals surface area contributed by atoms with E-state index in [2.05, 4.69) is 42.7 Å². The Bertz CT molecular complexity index is 335. The molecule has 1 aliphatic rings. The number of benzene rings is 1. The van der Waals surface area contributed by atoms with Crippen LogP contribution in [0.3, 0.4) is 0 Å². The van der Waals surface area contributed by atoms with Crippen LogP contribution in [0.2, 0.25) is 0 Å². The van der Waals surface area contributed by atoms with Crippen molar-refractivity contribution in [2.75, 3.05) is 23.7 Å². The minimum atomic E-state index is 0.984. The summed E-state index contributed by atoms with van der Waals surface area (Å²) in [4.78, 5) is 2.51. The zero-order chi connectivity index (χ0) is 10.7. The molecular formula is C13H19NS. The molecule has 0 saturated heterocycles. The van der Waals surface area contributed by atoms with Crippen LogP contribution in [0, 0.1) is 6.92 Å². The molecule has 0 saturated carbocycles. The highest BCUT2D eigenvalue weighted by molar-refractivity contribution is 7.80. The molecule has 0 radical (unpaired) electrons. The molecular weight excluding hydrogens is 202 g/mol. The summed E-state index contributed by atoms with van der Waals surface area (Å²) < 4.78 is 0. The van der Waals surface area contributed by atoms with Gasteiger partial charge in [0.2, 0.25) is 0 Å². The zero-order valence-corrected chi connectivity index (χ0v) is 10.3. The van der Waals surface area contributed by atoms with Crippen molar-refractivity contribution in [3.05, 3.63) is 29.3 Å². The lowest BCUT2D eigenvalue weighted by Crippen LogP contribution is -2.30. The Hall–Kier alpha value is -0.630. The highest BCUT2D eigenvalue weighted by Crippen LogP contribution is 2.27. The van der Waals surface area contributed by atoms with E-state index in [1.807, 2.05) is 0 Å². The summed E-state index contributed by atoms with van der Waals surface area (Å²) in [6.07, 6.45) is 3.72. The van der Waals surface area contributed by atoms with Gasteiger partial charge in [-0.2, -0.15) is 12.6 Å². The molecule has 1 aliphatic heterocycles. The van der Waals surface area contributed by atoms with Crippen LogP contribution in [0.5, 0.6) is 0 Å². The van der Waals surface area contributed by atoms with Crippen molar-refractivity contribution >= 4 is 18.3 Å².